The number of nitrogens with zero attached hydrogens (tertiary/aromatic N) is 1. The molecule has 1 aromatic carbocycles. The van der Waals surface area contributed by atoms with Crippen LogP contribution in [-0.2, 0) is 22.4 Å². The van der Waals surface area contributed by atoms with E-state index in [1.807, 2.05) is 5.38 Å². The third kappa shape index (κ3) is 4.20. The second-order valence-corrected chi connectivity index (χ2v) is 6.87. The molecular weight excluding hydrogens is 322 g/mol. The van der Waals surface area contributed by atoms with E-state index in [0.29, 0.717) is 11.7 Å². The van der Waals surface area contributed by atoms with Gasteiger partial charge in [-0.3, -0.25) is 9.59 Å². The molecule has 2 aromatic rings. The Bertz CT molecular complexity index is 754. The van der Waals surface area contributed by atoms with Crippen LogP contribution in [0, 0.1) is 0 Å². The molecular formula is C18H21N3O2S. The summed E-state index contributed by atoms with van der Waals surface area (Å²) in [6.07, 6.45) is 5.08. The van der Waals surface area contributed by atoms with Gasteiger partial charge in [0.05, 0.1) is 5.69 Å². The van der Waals surface area contributed by atoms with E-state index >= 15 is 0 Å². The van der Waals surface area contributed by atoms with E-state index in [4.69, 9.17) is 0 Å². The number of rotatable bonds is 5. The van der Waals surface area contributed by atoms with Crippen molar-refractivity contribution in [2.45, 2.75) is 39.0 Å². The Labute approximate surface area is 145 Å². The zero-order valence-electron chi connectivity index (χ0n) is 13.7. The predicted molar refractivity (Wildman–Crippen MR) is 96.1 cm³/mol. The van der Waals surface area contributed by atoms with Crippen LogP contribution in [0.25, 0.3) is 11.3 Å². The number of hydrogen-bond acceptors (Lipinski definition) is 4. The monoisotopic (exact) mass is 343 g/mol. The molecule has 0 saturated heterocycles. The summed E-state index contributed by atoms with van der Waals surface area (Å²) in [6, 6.07) is 6.54. The highest BCUT2D eigenvalue weighted by Gasteiger charge is 2.12. The van der Waals surface area contributed by atoms with Gasteiger partial charge in [0, 0.05) is 30.8 Å². The van der Waals surface area contributed by atoms with Crippen LogP contribution >= 0.6 is 11.3 Å². The van der Waals surface area contributed by atoms with Crippen LogP contribution in [0.5, 0.6) is 0 Å². The molecule has 0 fully saturated rings. The first-order valence-corrected chi connectivity index (χ1v) is 9.12. The largest absolute Gasteiger partial charge is 0.356 e. The number of carbonyl (C=O) groups excluding carboxylic acids is 2. The summed E-state index contributed by atoms with van der Waals surface area (Å²) in [5, 5.41) is 7.95. The van der Waals surface area contributed by atoms with Gasteiger partial charge in [0.25, 0.3) is 0 Å². The van der Waals surface area contributed by atoms with Crippen molar-refractivity contribution >= 4 is 28.3 Å². The smallest absolute Gasteiger partial charge is 0.227 e. The van der Waals surface area contributed by atoms with Crippen molar-refractivity contribution in [2.75, 3.05) is 11.9 Å². The van der Waals surface area contributed by atoms with Crippen LogP contribution in [0.1, 0.15) is 37.3 Å². The molecule has 0 spiro atoms. The topological polar surface area (TPSA) is 71.1 Å². The molecule has 126 valence electrons. The lowest BCUT2D eigenvalue weighted by molar-refractivity contribution is -0.119. The van der Waals surface area contributed by atoms with E-state index in [9.17, 15) is 9.59 Å². The van der Waals surface area contributed by atoms with Gasteiger partial charge in [0.1, 0.15) is 0 Å². The van der Waals surface area contributed by atoms with Crippen LogP contribution in [0.15, 0.2) is 23.6 Å². The SMILES string of the molecule is CC(=O)NCCC(=O)Nc1nc(-c2ccc3c(c2)CCCC3)cs1. The normalized spacial score (nSPS) is 13.2. The van der Waals surface area contributed by atoms with E-state index in [2.05, 4.69) is 33.8 Å². The van der Waals surface area contributed by atoms with E-state index in [1.54, 1.807) is 0 Å². The number of carbonyl (C=O) groups is 2. The Balaban J connectivity index is 1.63. The predicted octanol–water partition coefficient (Wildman–Crippen LogP) is 3.15. The van der Waals surface area contributed by atoms with Crippen molar-refractivity contribution in [1.82, 2.24) is 10.3 Å². The second kappa shape index (κ2) is 7.57. The Morgan fingerprint density at radius 3 is 2.79 bits per heavy atom. The van der Waals surface area contributed by atoms with Crippen molar-refractivity contribution < 1.29 is 9.59 Å². The highest BCUT2D eigenvalue weighted by molar-refractivity contribution is 7.14. The van der Waals surface area contributed by atoms with Crippen LogP contribution in [0.4, 0.5) is 5.13 Å². The lowest BCUT2D eigenvalue weighted by atomic mass is 9.90. The van der Waals surface area contributed by atoms with Crippen molar-refractivity contribution in [3.8, 4) is 11.3 Å². The van der Waals surface area contributed by atoms with Gasteiger partial charge < -0.3 is 10.6 Å². The number of benzene rings is 1. The van der Waals surface area contributed by atoms with Gasteiger partial charge in [-0.25, -0.2) is 4.98 Å². The molecule has 1 heterocycles. The number of fused-ring (bicyclic) bond motifs is 1. The molecule has 0 bridgehead atoms. The molecule has 2 amide bonds. The number of thiazole rings is 1. The van der Waals surface area contributed by atoms with Gasteiger partial charge in [-0.05, 0) is 42.9 Å². The summed E-state index contributed by atoms with van der Waals surface area (Å²) in [7, 11) is 0. The Morgan fingerprint density at radius 2 is 2.00 bits per heavy atom. The van der Waals surface area contributed by atoms with Crippen LogP contribution in [0.3, 0.4) is 0 Å². The van der Waals surface area contributed by atoms with E-state index < -0.39 is 0 Å². The average molecular weight is 343 g/mol. The number of aryl methyl sites for hydroxylation is 2. The van der Waals surface area contributed by atoms with E-state index in [1.165, 1.54) is 48.6 Å². The summed E-state index contributed by atoms with van der Waals surface area (Å²) < 4.78 is 0. The molecule has 0 unspecified atom stereocenters. The van der Waals surface area contributed by atoms with Crippen LogP contribution in [-0.4, -0.2) is 23.3 Å². The van der Waals surface area contributed by atoms with Crippen molar-refractivity contribution in [3.05, 3.63) is 34.7 Å². The molecule has 3 rings (SSSR count). The fourth-order valence-electron chi connectivity index (χ4n) is 2.89. The number of hydrogen-bond donors (Lipinski definition) is 2. The van der Waals surface area contributed by atoms with Gasteiger partial charge in [0.2, 0.25) is 11.8 Å². The Kier molecular flexibility index (Phi) is 5.25. The first kappa shape index (κ1) is 16.6. The average Bonchev–Trinajstić information content (AvgIpc) is 3.02. The summed E-state index contributed by atoms with van der Waals surface area (Å²) in [5.74, 6) is -0.276. The van der Waals surface area contributed by atoms with Gasteiger partial charge in [-0.1, -0.05) is 12.1 Å². The minimum atomic E-state index is -0.143. The zero-order chi connectivity index (χ0) is 16.9. The first-order valence-electron chi connectivity index (χ1n) is 8.24. The minimum Gasteiger partial charge on any atom is -0.356 e. The third-order valence-electron chi connectivity index (χ3n) is 4.12. The molecule has 1 aromatic heterocycles. The third-order valence-corrected chi connectivity index (χ3v) is 4.88. The van der Waals surface area contributed by atoms with E-state index in [0.717, 1.165) is 17.7 Å². The Hall–Kier alpha value is -2.21. The van der Waals surface area contributed by atoms with Gasteiger partial charge in [-0.15, -0.1) is 11.3 Å². The molecule has 1 aliphatic rings. The summed E-state index contributed by atoms with van der Waals surface area (Å²) in [6.45, 7) is 1.77. The maximum Gasteiger partial charge on any atom is 0.227 e. The first-order chi connectivity index (χ1) is 11.6. The van der Waals surface area contributed by atoms with Crippen molar-refractivity contribution in [2.24, 2.45) is 0 Å². The second-order valence-electron chi connectivity index (χ2n) is 6.01. The molecule has 6 heteroatoms. The molecule has 0 atom stereocenters. The number of amides is 2. The molecule has 0 radical (unpaired) electrons. The van der Waals surface area contributed by atoms with Crippen molar-refractivity contribution in [1.29, 1.82) is 0 Å². The maximum atomic E-state index is 11.8. The highest BCUT2D eigenvalue weighted by Crippen LogP contribution is 2.29. The standard InChI is InChI=1S/C18H21N3O2S/c1-12(22)19-9-8-17(23)21-18-20-16(11-24-18)15-7-6-13-4-2-3-5-14(13)10-15/h6-7,10-11H,2-5,8-9H2,1H3,(H,19,22)(H,20,21,23). The lowest BCUT2D eigenvalue weighted by Crippen LogP contribution is -2.25. The highest BCUT2D eigenvalue weighted by atomic mass is 32.1. The fourth-order valence-corrected chi connectivity index (χ4v) is 3.63. The molecule has 0 saturated carbocycles. The minimum absolute atomic E-state index is 0.133. The van der Waals surface area contributed by atoms with Gasteiger partial charge >= 0.3 is 0 Å². The lowest BCUT2D eigenvalue weighted by Gasteiger charge is -2.16. The fraction of sp³-hybridized carbons (Fsp3) is 0.389. The summed E-state index contributed by atoms with van der Waals surface area (Å²) in [5.41, 5.74) is 4.87. The molecule has 24 heavy (non-hydrogen) atoms. The number of nitrogens with one attached hydrogen (secondary N) is 2. The summed E-state index contributed by atoms with van der Waals surface area (Å²) in [4.78, 5) is 27.1. The molecule has 1 aliphatic carbocycles. The van der Waals surface area contributed by atoms with Crippen LogP contribution < -0.4 is 10.6 Å². The molecule has 5 nitrogen and oxygen atoms in total. The number of anilines is 1. The van der Waals surface area contributed by atoms with Gasteiger partial charge in [0.15, 0.2) is 5.13 Å². The maximum absolute atomic E-state index is 11.8. The van der Waals surface area contributed by atoms with Gasteiger partial charge in [-0.2, -0.15) is 0 Å². The molecule has 2 N–H and O–H groups in total. The summed E-state index contributed by atoms with van der Waals surface area (Å²) >= 11 is 1.42. The van der Waals surface area contributed by atoms with Crippen LogP contribution in [0.2, 0.25) is 0 Å². The number of aromatic nitrogens is 1. The zero-order valence-corrected chi connectivity index (χ0v) is 14.5. The molecule has 0 aliphatic heterocycles. The quantitative estimate of drug-likeness (QED) is 0.876. The Morgan fingerprint density at radius 1 is 1.21 bits per heavy atom. The van der Waals surface area contributed by atoms with Crippen molar-refractivity contribution in [3.63, 3.8) is 0 Å². The van der Waals surface area contributed by atoms with E-state index in [-0.39, 0.29) is 18.2 Å².